The molecule has 0 bridgehead atoms. The van der Waals surface area contributed by atoms with Gasteiger partial charge in [-0.15, -0.1) is 0 Å². The SMILES string of the molecule is CCN(CC)c1ncnc2c1[nH]c(=O)n2C1OC2COP(=O)(O)OC2C1O. The first-order valence-electron chi connectivity index (χ1n) is 8.55. The highest BCUT2D eigenvalue weighted by molar-refractivity contribution is 7.47. The van der Waals surface area contributed by atoms with Crippen molar-refractivity contribution >= 4 is 24.8 Å². The molecule has 3 N–H and O–H groups in total. The van der Waals surface area contributed by atoms with E-state index in [-0.39, 0.29) is 12.3 Å². The van der Waals surface area contributed by atoms with Gasteiger partial charge in [0.15, 0.2) is 17.7 Å². The van der Waals surface area contributed by atoms with Crippen molar-refractivity contribution in [2.24, 2.45) is 0 Å². The van der Waals surface area contributed by atoms with Crippen LogP contribution in [0.15, 0.2) is 11.1 Å². The lowest BCUT2D eigenvalue weighted by molar-refractivity contribution is -0.0671. The largest absolute Gasteiger partial charge is 0.472 e. The number of hydrogen-bond donors (Lipinski definition) is 3. The number of nitrogens with zero attached hydrogens (tertiary/aromatic N) is 4. The van der Waals surface area contributed by atoms with Crippen LogP contribution >= 0.6 is 7.82 Å². The summed E-state index contributed by atoms with van der Waals surface area (Å²) < 4.78 is 28.1. The van der Waals surface area contributed by atoms with Crippen LogP contribution in [0, 0.1) is 0 Å². The van der Waals surface area contributed by atoms with Crippen molar-refractivity contribution in [3.8, 4) is 0 Å². The fourth-order valence-electron chi connectivity index (χ4n) is 3.47. The van der Waals surface area contributed by atoms with E-state index in [4.69, 9.17) is 13.8 Å². The smallest absolute Gasteiger partial charge is 0.386 e. The molecule has 2 aliphatic rings. The van der Waals surface area contributed by atoms with Crippen LogP contribution in [0.1, 0.15) is 20.1 Å². The number of aliphatic hydroxyl groups excluding tert-OH is 1. The molecule has 0 aliphatic carbocycles. The van der Waals surface area contributed by atoms with Crippen molar-refractivity contribution in [3.05, 3.63) is 16.8 Å². The normalized spacial score (nSPS) is 33.3. The number of hydrogen-bond acceptors (Lipinski definition) is 9. The van der Waals surface area contributed by atoms with Crippen LogP contribution in [0.4, 0.5) is 5.82 Å². The maximum absolute atomic E-state index is 12.6. The molecule has 0 radical (unpaired) electrons. The highest BCUT2D eigenvalue weighted by Crippen LogP contribution is 2.52. The van der Waals surface area contributed by atoms with E-state index < -0.39 is 38.1 Å². The Labute approximate surface area is 153 Å². The molecule has 0 amide bonds. The number of rotatable bonds is 4. The third kappa shape index (κ3) is 2.98. The van der Waals surface area contributed by atoms with Gasteiger partial charge in [-0.1, -0.05) is 0 Å². The van der Waals surface area contributed by atoms with Crippen molar-refractivity contribution in [1.82, 2.24) is 19.5 Å². The fourth-order valence-corrected chi connectivity index (χ4v) is 4.44. The molecule has 2 fully saturated rings. The molecular formula is C14H20N5O7P. The Morgan fingerprint density at radius 1 is 1.41 bits per heavy atom. The molecule has 4 heterocycles. The molecule has 5 unspecified atom stereocenters. The molecule has 2 saturated heterocycles. The molecule has 2 aromatic rings. The number of phosphoric acid groups is 1. The molecular weight excluding hydrogens is 381 g/mol. The maximum atomic E-state index is 12.6. The average molecular weight is 401 g/mol. The Morgan fingerprint density at radius 2 is 2.15 bits per heavy atom. The van der Waals surface area contributed by atoms with E-state index in [0.717, 1.165) is 0 Å². The number of aliphatic hydroxyl groups is 1. The van der Waals surface area contributed by atoms with E-state index in [0.29, 0.717) is 24.4 Å². The lowest BCUT2D eigenvalue weighted by atomic mass is 10.1. The summed E-state index contributed by atoms with van der Waals surface area (Å²) in [5.41, 5.74) is 0.129. The van der Waals surface area contributed by atoms with Crippen LogP contribution in [-0.4, -0.2) is 67.5 Å². The van der Waals surface area contributed by atoms with Crippen LogP contribution in [0.5, 0.6) is 0 Å². The number of H-pyrrole nitrogens is 1. The summed E-state index contributed by atoms with van der Waals surface area (Å²) in [5.74, 6) is 0.560. The summed E-state index contributed by atoms with van der Waals surface area (Å²) >= 11 is 0. The predicted octanol–water partition coefficient (Wildman–Crippen LogP) is -0.260. The van der Waals surface area contributed by atoms with Gasteiger partial charge in [0.2, 0.25) is 0 Å². The number of aromatic nitrogens is 4. The van der Waals surface area contributed by atoms with Gasteiger partial charge in [0, 0.05) is 13.1 Å². The topological polar surface area (TPSA) is 152 Å². The number of anilines is 1. The Morgan fingerprint density at radius 3 is 2.85 bits per heavy atom. The number of imidazole rings is 1. The Bertz CT molecular complexity index is 957. The minimum absolute atomic E-state index is 0.233. The second-order valence-corrected chi connectivity index (χ2v) is 7.66. The number of aromatic amines is 1. The van der Waals surface area contributed by atoms with E-state index in [2.05, 4.69) is 15.0 Å². The number of fused-ring (bicyclic) bond motifs is 2. The highest BCUT2D eigenvalue weighted by atomic mass is 31.2. The van der Waals surface area contributed by atoms with E-state index in [1.165, 1.54) is 10.9 Å². The molecule has 12 nitrogen and oxygen atoms in total. The third-order valence-corrected chi connectivity index (χ3v) is 5.76. The van der Waals surface area contributed by atoms with Crippen LogP contribution in [0.25, 0.3) is 11.2 Å². The average Bonchev–Trinajstić information content (AvgIpc) is 3.12. The summed E-state index contributed by atoms with van der Waals surface area (Å²) in [6.07, 6.45) is -3.07. The number of phosphoric ester groups is 1. The quantitative estimate of drug-likeness (QED) is 0.584. The van der Waals surface area contributed by atoms with E-state index >= 15 is 0 Å². The molecule has 5 atom stereocenters. The van der Waals surface area contributed by atoms with Gasteiger partial charge in [0.25, 0.3) is 0 Å². The fraction of sp³-hybridized carbons (Fsp3) is 0.643. The van der Waals surface area contributed by atoms with Gasteiger partial charge in [-0.05, 0) is 13.8 Å². The van der Waals surface area contributed by atoms with Gasteiger partial charge < -0.3 is 24.6 Å². The van der Waals surface area contributed by atoms with Gasteiger partial charge >= 0.3 is 13.5 Å². The second-order valence-electron chi connectivity index (χ2n) is 6.26. The van der Waals surface area contributed by atoms with Crippen molar-refractivity contribution in [2.75, 3.05) is 24.6 Å². The Kier molecular flexibility index (Phi) is 4.57. The highest BCUT2D eigenvalue weighted by Gasteiger charge is 2.53. The molecule has 4 rings (SSSR count). The second kappa shape index (κ2) is 6.66. The third-order valence-electron chi connectivity index (χ3n) is 4.77. The van der Waals surface area contributed by atoms with E-state index in [1.807, 2.05) is 18.7 Å². The van der Waals surface area contributed by atoms with E-state index in [1.54, 1.807) is 0 Å². The van der Waals surface area contributed by atoms with Crippen molar-refractivity contribution < 1.29 is 28.3 Å². The van der Waals surface area contributed by atoms with Gasteiger partial charge in [0.05, 0.1) is 6.61 Å². The van der Waals surface area contributed by atoms with Gasteiger partial charge in [-0.3, -0.25) is 9.05 Å². The number of ether oxygens (including phenoxy) is 1. The minimum atomic E-state index is -4.25. The first kappa shape index (κ1) is 18.5. The minimum Gasteiger partial charge on any atom is -0.386 e. The first-order chi connectivity index (χ1) is 12.9. The lowest BCUT2D eigenvalue weighted by Crippen LogP contribution is -2.39. The zero-order valence-corrected chi connectivity index (χ0v) is 15.6. The maximum Gasteiger partial charge on any atom is 0.472 e. The Hall–Kier alpha value is -1.82. The molecule has 13 heteroatoms. The van der Waals surface area contributed by atoms with Gasteiger partial charge in [-0.2, -0.15) is 0 Å². The van der Waals surface area contributed by atoms with Gasteiger partial charge in [-0.25, -0.2) is 23.9 Å². The summed E-state index contributed by atoms with van der Waals surface area (Å²) in [7, 11) is -4.25. The monoisotopic (exact) mass is 401 g/mol. The zero-order valence-electron chi connectivity index (χ0n) is 14.7. The summed E-state index contributed by atoms with van der Waals surface area (Å²) in [5, 5.41) is 10.6. The summed E-state index contributed by atoms with van der Waals surface area (Å²) in [4.78, 5) is 35.2. The standard InChI is InChI=1S/C14H20N5O7P/c1-3-18(4-2)11-8-12(16-6-15-11)19(14(21)17-8)13-9(20)10-7(25-13)5-24-27(22,23)26-10/h6-7,9-10,13,20H,3-5H2,1-2H3,(H,17,21)(H,22,23). The molecule has 0 saturated carbocycles. The summed E-state index contributed by atoms with van der Waals surface area (Å²) in [6.45, 7) is 5.05. The predicted molar refractivity (Wildman–Crippen MR) is 92.3 cm³/mol. The number of nitrogens with one attached hydrogen (secondary N) is 1. The Balaban J connectivity index is 1.77. The van der Waals surface area contributed by atoms with Crippen LogP contribution in [-0.2, 0) is 18.3 Å². The van der Waals surface area contributed by atoms with Crippen LogP contribution < -0.4 is 10.6 Å². The van der Waals surface area contributed by atoms with Crippen molar-refractivity contribution in [1.29, 1.82) is 0 Å². The molecule has 2 aliphatic heterocycles. The van der Waals surface area contributed by atoms with E-state index in [9.17, 15) is 19.4 Å². The zero-order chi connectivity index (χ0) is 19.3. The van der Waals surface area contributed by atoms with Gasteiger partial charge in [0.1, 0.15) is 30.2 Å². The molecule has 2 aromatic heterocycles. The molecule has 27 heavy (non-hydrogen) atoms. The van der Waals surface area contributed by atoms with Crippen molar-refractivity contribution in [3.63, 3.8) is 0 Å². The molecule has 0 spiro atoms. The summed E-state index contributed by atoms with van der Waals surface area (Å²) in [6, 6.07) is 0. The van der Waals surface area contributed by atoms with Crippen molar-refractivity contribution in [2.45, 2.75) is 38.4 Å². The molecule has 148 valence electrons. The van der Waals surface area contributed by atoms with Crippen LogP contribution in [0.3, 0.4) is 0 Å². The first-order valence-corrected chi connectivity index (χ1v) is 10.0. The van der Waals surface area contributed by atoms with Crippen LogP contribution in [0.2, 0.25) is 0 Å². The lowest BCUT2D eigenvalue weighted by Gasteiger charge is -2.27. The molecule has 0 aromatic carbocycles.